The normalized spacial score (nSPS) is 26.5. The van der Waals surface area contributed by atoms with E-state index in [1.54, 1.807) is 4.90 Å². The van der Waals surface area contributed by atoms with Gasteiger partial charge in [-0.2, -0.15) is 0 Å². The van der Waals surface area contributed by atoms with Crippen LogP contribution >= 0.6 is 0 Å². The number of amides is 3. The number of para-hydroxylation sites is 2. The third kappa shape index (κ3) is 4.25. The van der Waals surface area contributed by atoms with Gasteiger partial charge >= 0.3 is 6.03 Å². The Hall–Kier alpha value is -2.32. The number of nitrogens with two attached hydrogens (primary N) is 1. The van der Waals surface area contributed by atoms with Gasteiger partial charge in [-0.05, 0) is 26.0 Å². The van der Waals surface area contributed by atoms with Crippen molar-refractivity contribution < 1.29 is 19.1 Å². The molecule has 0 radical (unpaired) electrons. The maximum Gasteiger partial charge on any atom is 0.322 e. The van der Waals surface area contributed by atoms with Crippen LogP contribution in [0, 0.1) is 0 Å². The quantitative estimate of drug-likeness (QED) is 0.837. The summed E-state index contributed by atoms with van der Waals surface area (Å²) in [5, 5.41) is 2.96. The van der Waals surface area contributed by atoms with Gasteiger partial charge in [0.1, 0.15) is 0 Å². The molecule has 0 aliphatic carbocycles. The molecule has 2 saturated heterocycles. The minimum atomic E-state index is -0.759. The predicted octanol–water partition coefficient (Wildman–Crippen LogP) is 1.02. The minimum Gasteiger partial charge on any atom is -0.372 e. The Labute approximate surface area is 153 Å². The molecule has 3 atom stereocenters. The lowest BCUT2D eigenvalue weighted by atomic mass is 10.1. The number of carbonyl (C=O) groups excluding carboxylic acids is 2. The van der Waals surface area contributed by atoms with Crippen LogP contribution < -0.4 is 16.0 Å². The number of ether oxygens (including phenoxy) is 2. The molecule has 2 aliphatic rings. The first kappa shape index (κ1) is 18.5. The van der Waals surface area contributed by atoms with Crippen LogP contribution in [-0.4, -0.2) is 67.9 Å². The molecule has 0 aromatic heterocycles. The van der Waals surface area contributed by atoms with Crippen molar-refractivity contribution in [1.82, 2.24) is 4.90 Å². The van der Waals surface area contributed by atoms with Crippen LogP contribution in [0.25, 0.3) is 0 Å². The highest BCUT2D eigenvalue weighted by Gasteiger charge is 2.29. The van der Waals surface area contributed by atoms with E-state index in [4.69, 9.17) is 15.2 Å². The third-order valence-electron chi connectivity index (χ3n) is 4.58. The highest BCUT2D eigenvalue weighted by molar-refractivity contribution is 5.93. The van der Waals surface area contributed by atoms with Crippen LogP contribution in [0.3, 0.4) is 0 Å². The summed E-state index contributed by atoms with van der Waals surface area (Å²) in [6.07, 6.45) is -0.512. The van der Waals surface area contributed by atoms with E-state index in [0.29, 0.717) is 13.2 Å². The van der Waals surface area contributed by atoms with Crippen LogP contribution in [0.5, 0.6) is 0 Å². The molecule has 0 saturated carbocycles. The number of morpholine rings is 2. The fourth-order valence-electron chi connectivity index (χ4n) is 3.43. The Morgan fingerprint density at radius 3 is 2.54 bits per heavy atom. The summed E-state index contributed by atoms with van der Waals surface area (Å²) in [5.41, 5.74) is 6.99. The average Bonchev–Trinajstić information content (AvgIpc) is 2.61. The summed E-state index contributed by atoms with van der Waals surface area (Å²) < 4.78 is 11.1. The van der Waals surface area contributed by atoms with Crippen LogP contribution in [-0.2, 0) is 14.3 Å². The van der Waals surface area contributed by atoms with Gasteiger partial charge in [0, 0.05) is 19.6 Å². The van der Waals surface area contributed by atoms with Crippen LogP contribution in [0.1, 0.15) is 13.8 Å². The lowest BCUT2D eigenvalue weighted by molar-refractivity contribution is -0.133. The number of hydrogen-bond donors (Lipinski definition) is 2. The first-order valence-electron chi connectivity index (χ1n) is 8.90. The molecule has 2 aliphatic heterocycles. The van der Waals surface area contributed by atoms with E-state index in [-0.39, 0.29) is 24.8 Å². The zero-order chi connectivity index (χ0) is 18.7. The molecule has 1 aromatic carbocycles. The summed E-state index contributed by atoms with van der Waals surface area (Å²) >= 11 is 0. The second kappa shape index (κ2) is 7.92. The summed E-state index contributed by atoms with van der Waals surface area (Å²) in [4.78, 5) is 27.8. The Kier molecular flexibility index (Phi) is 5.63. The maximum absolute atomic E-state index is 12.7. The SMILES string of the molecule is CC1CN(c2ccccc2NC(=O)N2CCOC(C(N)=O)C2)CC(C)O1. The van der Waals surface area contributed by atoms with Gasteiger partial charge in [0.25, 0.3) is 0 Å². The smallest absolute Gasteiger partial charge is 0.322 e. The number of hydrogen-bond acceptors (Lipinski definition) is 5. The highest BCUT2D eigenvalue weighted by Crippen LogP contribution is 2.28. The molecule has 8 nitrogen and oxygen atoms in total. The molecule has 3 amide bonds. The van der Waals surface area contributed by atoms with E-state index in [2.05, 4.69) is 10.2 Å². The number of nitrogens with one attached hydrogen (secondary N) is 1. The molecule has 3 rings (SSSR count). The fourth-order valence-corrected chi connectivity index (χ4v) is 3.43. The Bertz CT molecular complexity index is 658. The van der Waals surface area contributed by atoms with Crippen LogP contribution in [0.15, 0.2) is 24.3 Å². The Balaban J connectivity index is 1.72. The molecule has 0 bridgehead atoms. The van der Waals surface area contributed by atoms with Crippen molar-refractivity contribution in [2.75, 3.05) is 43.0 Å². The summed E-state index contributed by atoms with van der Waals surface area (Å²) in [5.74, 6) is -0.556. The van der Waals surface area contributed by atoms with Gasteiger partial charge < -0.3 is 30.3 Å². The summed E-state index contributed by atoms with van der Waals surface area (Å²) in [6.45, 7) is 6.49. The third-order valence-corrected chi connectivity index (χ3v) is 4.58. The molecule has 3 N–H and O–H groups in total. The van der Waals surface area contributed by atoms with Gasteiger partial charge in [-0.1, -0.05) is 12.1 Å². The number of nitrogens with zero attached hydrogens (tertiary/aromatic N) is 2. The first-order chi connectivity index (χ1) is 12.4. The van der Waals surface area contributed by atoms with Gasteiger partial charge in [-0.15, -0.1) is 0 Å². The molecule has 2 fully saturated rings. The Morgan fingerprint density at radius 2 is 1.85 bits per heavy atom. The average molecular weight is 362 g/mol. The zero-order valence-corrected chi connectivity index (χ0v) is 15.2. The summed E-state index contributed by atoms with van der Waals surface area (Å²) in [7, 11) is 0. The molecular weight excluding hydrogens is 336 g/mol. The van der Waals surface area contributed by atoms with Gasteiger partial charge in [-0.3, -0.25) is 4.79 Å². The van der Waals surface area contributed by atoms with Crippen molar-refractivity contribution in [3.63, 3.8) is 0 Å². The molecule has 1 aromatic rings. The molecule has 26 heavy (non-hydrogen) atoms. The van der Waals surface area contributed by atoms with Gasteiger partial charge in [0.2, 0.25) is 5.91 Å². The van der Waals surface area contributed by atoms with Crippen molar-refractivity contribution in [2.24, 2.45) is 5.73 Å². The lowest BCUT2D eigenvalue weighted by Crippen LogP contribution is -2.51. The van der Waals surface area contributed by atoms with Crippen molar-refractivity contribution >= 4 is 23.3 Å². The second-order valence-electron chi connectivity index (χ2n) is 6.82. The monoisotopic (exact) mass is 362 g/mol. The number of primary amides is 1. The van der Waals surface area contributed by atoms with Gasteiger partial charge in [-0.25, -0.2) is 4.79 Å². The molecular formula is C18H26N4O4. The second-order valence-corrected chi connectivity index (χ2v) is 6.82. The molecule has 0 spiro atoms. The van der Waals surface area contributed by atoms with Crippen molar-refractivity contribution in [1.29, 1.82) is 0 Å². The first-order valence-corrected chi connectivity index (χ1v) is 8.90. The molecule has 2 heterocycles. The van der Waals surface area contributed by atoms with Crippen molar-refractivity contribution in [2.45, 2.75) is 32.2 Å². The molecule has 142 valence electrons. The number of urea groups is 1. The number of rotatable bonds is 3. The highest BCUT2D eigenvalue weighted by atomic mass is 16.5. The van der Waals surface area contributed by atoms with Crippen LogP contribution in [0.4, 0.5) is 16.2 Å². The number of anilines is 2. The lowest BCUT2D eigenvalue weighted by Gasteiger charge is -2.38. The Morgan fingerprint density at radius 1 is 1.15 bits per heavy atom. The van der Waals surface area contributed by atoms with Crippen LogP contribution in [0.2, 0.25) is 0 Å². The maximum atomic E-state index is 12.7. The number of benzene rings is 1. The number of carbonyl (C=O) groups is 2. The topological polar surface area (TPSA) is 97.1 Å². The predicted molar refractivity (Wildman–Crippen MR) is 98.2 cm³/mol. The fraction of sp³-hybridized carbons (Fsp3) is 0.556. The van der Waals surface area contributed by atoms with E-state index < -0.39 is 12.0 Å². The molecule has 3 unspecified atom stereocenters. The van der Waals surface area contributed by atoms with Gasteiger partial charge in [0.15, 0.2) is 6.10 Å². The van der Waals surface area contributed by atoms with Crippen molar-refractivity contribution in [3.05, 3.63) is 24.3 Å². The standard InChI is InChI=1S/C18H26N4O4/c1-12-9-22(10-13(2)26-12)15-6-4-3-5-14(15)20-18(24)21-7-8-25-16(11-21)17(19)23/h3-6,12-13,16H,7-11H2,1-2H3,(H2,19,23)(H,20,24). The van der Waals surface area contributed by atoms with E-state index >= 15 is 0 Å². The molecule has 8 heteroatoms. The van der Waals surface area contributed by atoms with E-state index in [9.17, 15) is 9.59 Å². The van der Waals surface area contributed by atoms with E-state index in [0.717, 1.165) is 24.5 Å². The van der Waals surface area contributed by atoms with Crippen molar-refractivity contribution in [3.8, 4) is 0 Å². The largest absolute Gasteiger partial charge is 0.372 e. The van der Waals surface area contributed by atoms with Gasteiger partial charge in [0.05, 0.1) is 36.7 Å². The zero-order valence-electron chi connectivity index (χ0n) is 15.2. The van der Waals surface area contributed by atoms with E-state index in [1.165, 1.54) is 0 Å². The van der Waals surface area contributed by atoms with E-state index in [1.807, 2.05) is 38.1 Å². The minimum absolute atomic E-state index is 0.123. The summed E-state index contributed by atoms with van der Waals surface area (Å²) in [6, 6.07) is 7.45.